The third kappa shape index (κ3) is 3.67. The van der Waals surface area contributed by atoms with Crippen LogP contribution in [-0.4, -0.2) is 21.4 Å². The molecule has 0 aliphatic carbocycles. The minimum Gasteiger partial charge on any atom is -0.389 e. The molecule has 0 aromatic carbocycles. The molecule has 0 amide bonds. The number of thioether (sulfide) groups is 1. The molecule has 0 saturated carbocycles. The molecule has 0 aliphatic rings. The molecule has 2 nitrogen and oxygen atoms in total. The number of halogens is 1. The minimum atomic E-state index is -0.606. The van der Waals surface area contributed by atoms with E-state index in [1.165, 1.54) is 11.8 Å². The summed E-state index contributed by atoms with van der Waals surface area (Å²) in [6, 6.07) is 3.62. The van der Waals surface area contributed by atoms with Crippen molar-refractivity contribution in [3.05, 3.63) is 23.4 Å². The Morgan fingerprint density at radius 1 is 1.47 bits per heavy atom. The number of aliphatic hydroxyl groups is 1. The fourth-order valence-electron chi connectivity index (χ4n) is 1.13. The first kappa shape index (κ1) is 12.8. The van der Waals surface area contributed by atoms with Gasteiger partial charge < -0.3 is 5.11 Å². The summed E-state index contributed by atoms with van der Waals surface area (Å²) in [6.07, 6.45) is 3.22. The molecule has 1 heterocycles. The second kappa shape index (κ2) is 5.73. The van der Waals surface area contributed by atoms with Crippen LogP contribution in [0, 0.1) is 0 Å². The number of hydrogen-bond donors (Lipinski definition) is 1. The molecule has 0 saturated heterocycles. The summed E-state index contributed by atoms with van der Waals surface area (Å²) < 4.78 is 0. The van der Waals surface area contributed by atoms with Gasteiger partial charge in [0.25, 0.3) is 0 Å². The molecule has 0 aliphatic heterocycles. The molecule has 1 aromatic heterocycles. The van der Waals surface area contributed by atoms with Crippen LogP contribution >= 0.6 is 23.4 Å². The number of pyridine rings is 1. The monoisotopic (exact) mass is 245 g/mol. The average Bonchev–Trinajstić information content (AvgIpc) is 2.28. The van der Waals surface area contributed by atoms with E-state index >= 15 is 0 Å². The Balaban J connectivity index is 2.61. The summed E-state index contributed by atoms with van der Waals surface area (Å²) >= 11 is 7.48. The van der Waals surface area contributed by atoms with Gasteiger partial charge in [-0.05, 0) is 25.0 Å². The van der Waals surface area contributed by atoms with Gasteiger partial charge in [0.15, 0.2) is 0 Å². The Bertz CT molecular complexity index is 315. The predicted molar refractivity (Wildman–Crippen MR) is 65.5 cm³/mol. The molecule has 0 atom stereocenters. The summed E-state index contributed by atoms with van der Waals surface area (Å²) in [5.41, 5.74) is -0.606. The Labute approximate surface area is 100 Å². The van der Waals surface area contributed by atoms with Crippen molar-refractivity contribution >= 4 is 23.4 Å². The van der Waals surface area contributed by atoms with Gasteiger partial charge in [-0.3, -0.25) is 0 Å². The highest BCUT2D eigenvalue weighted by Gasteiger charge is 2.22. The van der Waals surface area contributed by atoms with E-state index in [2.05, 4.69) is 4.98 Å². The average molecular weight is 246 g/mol. The van der Waals surface area contributed by atoms with Crippen molar-refractivity contribution in [2.24, 2.45) is 0 Å². The quantitative estimate of drug-likeness (QED) is 0.808. The van der Waals surface area contributed by atoms with Crippen LogP contribution in [0.1, 0.15) is 26.7 Å². The molecule has 0 unspecified atom stereocenters. The van der Waals surface area contributed by atoms with Crippen molar-refractivity contribution in [2.75, 3.05) is 5.75 Å². The molecule has 1 rings (SSSR count). The minimum absolute atomic E-state index is 0.606. The molecule has 4 heteroatoms. The number of aromatic nitrogens is 1. The lowest BCUT2D eigenvalue weighted by Crippen LogP contribution is -2.29. The third-order valence-electron chi connectivity index (χ3n) is 2.52. The number of rotatable bonds is 5. The molecular formula is C11H16ClNOS. The van der Waals surface area contributed by atoms with Crippen LogP contribution in [0.15, 0.2) is 23.4 Å². The van der Waals surface area contributed by atoms with Gasteiger partial charge in [-0.15, -0.1) is 11.8 Å². The first-order chi connectivity index (χ1) is 7.11. The van der Waals surface area contributed by atoms with Crippen LogP contribution in [0.2, 0.25) is 5.02 Å². The van der Waals surface area contributed by atoms with Gasteiger partial charge in [-0.2, -0.15) is 0 Å². The molecule has 0 fully saturated rings. The Morgan fingerprint density at radius 3 is 2.67 bits per heavy atom. The molecule has 84 valence electrons. The van der Waals surface area contributed by atoms with E-state index in [-0.39, 0.29) is 0 Å². The van der Waals surface area contributed by atoms with Gasteiger partial charge in [0.1, 0.15) is 5.03 Å². The summed E-state index contributed by atoms with van der Waals surface area (Å²) in [7, 11) is 0. The first-order valence-corrected chi connectivity index (χ1v) is 6.43. The first-order valence-electron chi connectivity index (χ1n) is 5.07. The topological polar surface area (TPSA) is 33.1 Å². The van der Waals surface area contributed by atoms with Crippen molar-refractivity contribution < 1.29 is 5.11 Å². The van der Waals surface area contributed by atoms with E-state index in [4.69, 9.17) is 11.6 Å². The lowest BCUT2D eigenvalue weighted by atomic mass is 10.0. The maximum absolute atomic E-state index is 10.1. The maximum atomic E-state index is 10.1. The van der Waals surface area contributed by atoms with Gasteiger partial charge in [-0.1, -0.05) is 25.4 Å². The van der Waals surface area contributed by atoms with Gasteiger partial charge in [-0.25, -0.2) is 4.98 Å². The van der Waals surface area contributed by atoms with Crippen LogP contribution in [0.5, 0.6) is 0 Å². The van der Waals surface area contributed by atoms with Crippen LogP contribution < -0.4 is 0 Å². The molecule has 0 bridgehead atoms. The maximum Gasteiger partial charge on any atom is 0.115 e. The summed E-state index contributed by atoms with van der Waals surface area (Å²) in [5, 5.41) is 11.5. The third-order valence-corrected chi connectivity index (χ3v) is 4.22. The molecule has 15 heavy (non-hydrogen) atoms. The Hall–Kier alpha value is -0.250. The van der Waals surface area contributed by atoms with Crippen molar-refractivity contribution in [3.63, 3.8) is 0 Å². The normalized spacial score (nSPS) is 11.7. The van der Waals surface area contributed by atoms with E-state index in [0.717, 1.165) is 17.9 Å². The second-order valence-corrected chi connectivity index (χ2v) is 4.88. The highest BCUT2D eigenvalue weighted by atomic mass is 35.5. The van der Waals surface area contributed by atoms with Gasteiger partial charge in [0.05, 0.1) is 10.6 Å². The van der Waals surface area contributed by atoms with E-state index in [0.29, 0.717) is 10.8 Å². The lowest BCUT2D eigenvalue weighted by molar-refractivity contribution is 0.0571. The number of nitrogens with zero attached hydrogens (tertiary/aromatic N) is 1. The van der Waals surface area contributed by atoms with Gasteiger partial charge in [0, 0.05) is 11.9 Å². The fraction of sp³-hybridized carbons (Fsp3) is 0.545. The van der Waals surface area contributed by atoms with E-state index in [1.807, 2.05) is 19.9 Å². The summed E-state index contributed by atoms with van der Waals surface area (Å²) in [5.74, 6) is 0.636. The van der Waals surface area contributed by atoms with Gasteiger partial charge >= 0.3 is 0 Å². The Kier molecular flexibility index (Phi) is 4.90. The standard InChI is InChI=1S/C11H16ClNOS/c1-3-11(14,4-2)8-15-10-9(12)6-5-7-13-10/h5-7,14H,3-4,8H2,1-2H3. The van der Waals surface area contributed by atoms with E-state index in [1.54, 1.807) is 12.3 Å². The largest absolute Gasteiger partial charge is 0.389 e. The van der Waals surface area contributed by atoms with E-state index < -0.39 is 5.60 Å². The number of hydrogen-bond acceptors (Lipinski definition) is 3. The predicted octanol–water partition coefficient (Wildman–Crippen LogP) is 3.38. The molecule has 1 N–H and O–H groups in total. The summed E-state index contributed by atoms with van der Waals surface area (Å²) in [4.78, 5) is 4.17. The van der Waals surface area contributed by atoms with Crippen molar-refractivity contribution in [1.82, 2.24) is 4.98 Å². The summed E-state index contributed by atoms with van der Waals surface area (Å²) in [6.45, 7) is 3.98. The van der Waals surface area contributed by atoms with Crippen molar-refractivity contribution in [3.8, 4) is 0 Å². The fourth-order valence-corrected chi connectivity index (χ4v) is 2.57. The van der Waals surface area contributed by atoms with Crippen molar-refractivity contribution in [1.29, 1.82) is 0 Å². The lowest BCUT2D eigenvalue weighted by Gasteiger charge is -2.24. The Morgan fingerprint density at radius 2 is 2.13 bits per heavy atom. The van der Waals surface area contributed by atoms with Crippen LogP contribution in [-0.2, 0) is 0 Å². The molecule has 1 aromatic rings. The van der Waals surface area contributed by atoms with Crippen molar-refractivity contribution in [2.45, 2.75) is 37.3 Å². The molecule has 0 spiro atoms. The van der Waals surface area contributed by atoms with Crippen LogP contribution in [0.3, 0.4) is 0 Å². The zero-order valence-corrected chi connectivity index (χ0v) is 10.6. The zero-order chi connectivity index (χ0) is 11.3. The highest BCUT2D eigenvalue weighted by Crippen LogP contribution is 2.29. The van der Waals surface area contributed by atoms with E-state index in [9.17, 15) is 5.11 Å². The van der Waals surface area contributed by atoms with Gasteiger partial charge in [0.2, 0.25) is 0 Å². The highest BCUT2D eigenvalue weighted by molar-refractivity contribution is 7.99. The van der Waals surface area contributed by atoms with Crippen LogP contribution in [0.25, 0.3) is 0 Å². The van der Waals surface area contributed by atoms with Crippen LogP contribution in [0.4, 0.5) is 0 Å². The zero-order valence-electron chi connectivity index (χ0n) is 9.03. The SMILES string of the molecule is CCC(O)(CC)CSc1ncccc1Cl. The molecular weight excluding hydrogens is 230 g/mol. The second-order valence-electron chi connectivity index (χ2n) is 3.51. The smallest absolute Gasteiger partial charge is 0.115 e. The molecule has 0 radical (unpaired) electrons.